The summed E-state index contributed by atoms with van der Waals surface area (Å²) in [6.45, 7) is 6.37. The molecule has 3 aromatic carbocycles. The van der Waals surface area contributed by atoms with E-state index in [0.29, 0.717) is 6.42 Å². The van der Waals surface area contributed by atoms with E-state index in [1.807, 2.05) is 91.0 Å². The van der Waals surface area contributed by atoms with Crippen LogP contribution in [-0.2, 0) is 14.1 Å². The molecule has 0 saturated heterocycles. The quantitative estimate of drug-likeness (QED) is 0.471. The van der Waals surface area contributed by atoms with Crippen molar-refractivity contribution in [3.8, 4) is 0 Å². The van der Waals surface area contributed by atoms with Gasteiger partial charge >= 0.3 is 182 Å². The molecule has 0 N–H and O–H groups in total. The summed E-state index contributed by atoms with van der Waals surface area (Å²) in [7, 11) is -6.99. The molecule has 0 amide bonds. The summed E-state index contributed by atoms with van der Waals surface area (Å²) in [5, 5.41) is 2.75. The molecule has 160 valence electrons. The summed E-state index contributed by atoms with van der Waals surface area (Å²) >= 11 is 0. The summed E-state index contributed by atoms with van der Waals surface area (Å²) in [4.78, 5) is 0. The van der Waals surface area contributed by atoms with Crippen LogP contribution in [0, 0.1) is 5.41 Å². The summed E-state index contributed by atoms with van der Waals surface area (Å²) in [5.74, 6) is 0.0194. The van der Waals surface area contributed by atoms with Crippen molar-refractivity contribution in [2.45, 2.75) is 33.6 Å². The van der Waals surface area contributed by atoms with Crippen molar-refractivity contribution in [1.29, 1.82) is 0 Å². The Kier molecular flexibility index (Phi) is 7.13. The van der Waals surface area contributed by atoms with Crippen molar-refractivity contribution in [2.75, 3.05) is 5.75 Å². The molecule has 0 saturated carbocycles. The Bertz CT molecular complexity index is 931. The van der Waals surface area contributed by atoms with E-state index in [4.69, 9.17) is 3.97 Å². The Hall–Kier alpha value is -2.00. The third kappa shape index (κ3) is 5.57. The standard InChI is InChI=1S/C25H31O3PS/c1-25(2,3)20-13-21-30(26,27)28-29(22-14-7-4-8-15-22,23-16-9-5-10-17-23)24-18-11-6-12-19-24/h4-12,14-19,29H,13,20-21H2,1-3H3. The predicted octanol–water partition coefficient (Wildman–Crippen LogP) is 4.80. The Labute approximate surface area is 181 Å². The second-order valence-corrected chi connectivity index (χ2v) is 14.1. The molecule has 3 rings (SSSR count). The van der Waals surface area contributed by atoms with E-state index in [1.165, 1.54) is 0 Å². The van der Waals surface area contributed by atoms with Crippen molar-refractivity contribution < 1.29 is 12.4 Å². The van der Waals surface area contributed by atoms with Gasteiger partial charge in [-0.25, -0.2) is 0 Å². The zero-order valence-corrected chi connectivity index (χ0v) is 19.7. The molecule has 3 aromatic rings. The number of hydrogen-bond acceptors (Lipinski definition) is 3. The normalized spacial score (nSPS) is 13.2. The summed E-state index contributed by atoms with van der Waals surface area (Å²) in [6, 6.07) is 29.4. The molecule has 0 aliphatic rings. The first-order valence-electron chi connectivity index (χ1n) is 10.3. The van der Waals surface area contributed by atoms with Crippen LogP contribution in [0.4, 0.5) is 0 Å². The Morgan fingerprint density at radius 1 is 0.700 bits per heavy atom. The van der Waals surface area contributed by atoms with Gasteiger partial charge in [-0.3, -0.25) is 0 Å². The molecule has 0 aromatic heterocycles. The first-order chi connectivity index (χ1) is 14.2. The predicted molar refractivity (Wildman–Crippen MR) is 130 cm³/mol. The van der Waals surface area contributed by atoms with Gasteiger partial charge < -0.3 is 0 Å². The van der Waals surface area contributed by atoms with Crippen LogP contribution in [0.2, 0.25) is 0 Å². The van der Waals surface area contributed by atoms with Crippen molar-refractivity contribution in [1.82, 2.24) is 0 Å². The molecule has 0 heterocycles. The van der Waals surface area contributed by atoms with Crippen LogP contribution in [-0.4, -0.2) is 14.2 Å². The third-order valence-electron chi connectivity index (χ3n) is 5.11. The number of rotatable bonds is 8. The van der Waals surface area contributed by atoms with Crippen molar-refractivity contribution in [3.63, 3.8) is 0 Å². The van der Waals surface area contributed by atoms with Crippen molar-refractivity contribution >= 4 is 33.5 Å². The van der Waals surface area contributed by atoms with Gasteiger partial charge in [0, 0.05) is 0 Å². The van der Waals surface area contributed by atoms with Gasteiger partial charge in [0.2, 0.25) is 0 Å². The first kappa shape index (κ1) is 22.7. The fourth-order valence-electron chi connectivity index (χ4n) is 3.67. The van der Waals surface area contributed by atoms with Crippen LogP contribution >= 0.6 is 7.49 Å². The van der Waals surface area contributed by atoms with Gasteiger partial charge in [-0.1, -0.05) is 0 Å². The molecule has 0 bridgehead atoms. The SMILES string of the molecule is CC(C)(C)CCCS(=O)(=O)O[PH](c1ccccc1)(c1ccccc1)c1ccccc1. The topological polar surface area (TPSA) is 43.4 Å². The minimum atomic E-state index is -3.74. The summed E-state index contributed by atoms with van der Waals surface area (Å²) < 4.78 is 32.8. The van der Waals surface area contributed by atoms with Crippen LogP contribution in [0.25, 0.3) is 0 Å². The molecule has 0 spiro atoms. The molecule has 0 aliphatic carbocycles. The third-order valence-corrected chi connectivity index (χ3v) is 11.4. The van der Waals surface area contributed by atoms with Gasteiger partial charge in [0.1, 0.15) is 0 Å². The van der Waals surface area contributed by atoms with E-state index >= 15 is 0 Å². The fourth-order valence-corrected chi connectivity index (χ4v) is 10.2. The zero-order valence-electron chi connectivity index (χ0n) is 17.9. The van der Waals surface area contributed by atoms with Crippen LogP contribution in [0.15, 0.2) is 91.0 Å². The average molecular weight is 443 g/mol. The van der Waals surface area contributed by atoms with Crippen LogP contribution < -0.4 is 15.9 Å². The Morgan fingerprint density at radius 3 is 1.40 bits per heavy atom. The summed E-state index contributed by atoms with van der Waals surface area (Å²) in [6.07, 6.45) is 1.40. The minimum absolute atomic E-state index is 0.0194. The van der Waals surface area contributed by atoms with E-state index in [0.717, 1.165) is 22.3 Å². The second-order valence-electron chi connectivity index (χ2n) is 8.79. The molecule has 0 fully saturated rings. The first-order valence-corrected chi connectivity index (χ1v) is 13.8. The average Bonchev–Trinajstić information content (AvgIpc) is 2.73. The monoisotopic (exact) mass is 442 g/mol. The van der Waals surface area contributed by atoms with Gasteiger partial charge in [0.15, 0.2) is 0 Å². The van der Waals surface area contributed by atoms with Crippen LogP contribution in [0.1, 0.15) is 33.6 Å². The van der Waals surface area contributed by atoms with E-state index in [2.05, 4.69) is 20.8 Å². The van der Waals surface area contributed by atoms with Gasteiger partial charge in [-0.2, -0.15) is 0 Å². The van der Waals surface area contributed by atoms with E-state index in [9.17, 15) is 8.42 Å². The molecular formula is C25H31O3PS. The van der Waals surface area contributed by atoms with Crippen LogP contribution in [0.5, 0.6) is 0 Å². The van der Waals surface area contributed by atoms with Crippen molar-refractivity contribution in [3.05, 3.63) is 91.0 Å². The zero-order chi connectivity index (χ0) is 21.7. The molecule has 0 atom stereocenters. The molecular weight excluding hydrogens is 411 g/mol. The molecule has 30 heavy (non-hydrogen) atoms. The van der Waals surface area contributed by atoms with E-state index < -0.39 is 17.6 Å². The number of hydrogen-bond donors (Lipinski definition) is 0. The van der Waals surface area contributed by atoms with E-state index in [-0.39, 0.29) is 11.2 Å². The van der Waals surface area contributed by atoms with Crippen LogP contribution in [0.3, 0.4) is 0 Å². The maximum absolute atomic E-state index is 13.3. The fraction of sp³-hybridized carbons (Fsp3) is 0.280. The van der Waals surface area contributed by atoms with Gasteiger partial charge in [0.25, 0.3) is 0 Å². The maximum atomic E-state index is 13.3. The molecule has 3 nitrogen and oxygen atoms in total. The Morgan fingerprint density at radius 2 is 1.07 bits per heavy atom. The van der Waals surface area contributed by atoms with Crippen molar-refractivity contribution in [2.24, 2.45) is 5.41 Å². The van der Waals surface area contributed by atoms with Gasteiger partial charge in [0.05, 0.1) is 0 Å². The van der Waals surface area contributed by atoms with E-state index in [1.54, 1.807) is 0 Å². The van der Waals surface area contributed by atoms with Gasteiger partial charge in [-0.05, 0) is 0 Å². The number of benzene rings is 3. The molecule has 0 unspecified atom stereocenters. The summed E-state index contributed by atoms with van der Waals surface area (Å²) in [5.41, 5.74) is 0.0856. The van der Waals surface area contributed by atoms with Gasteiger partial charge in [-0.15, -0.1) is 0 Å². The molecule has 5 heteroatoms. The molecule has 0 aliphatic heterocycles. The molecule has 0 radical (unpaired) electrons. The second kappa shape index (κ2) is 9.43. The Balaban J connectivity index is 2.12.